The van der Waals surface area contributed by atoms with E-state index in [1.165, 1.54) is 128 Å². The van der Waals surface area contributed by atoms with Gasteiger partial charge in [-0.05, 0) is 89.9 Å². The first-order chi connectivity index (χ1) is 30.5. The molecule has 0 saturated carbocycles. The molecule has 0 spiro atoms. The molecule has 0 saturated heterocycles. The summed E-state index contributed by atoms with van der Waals surface area (Å²) in [5.41, 5.74) is 0. The van der Waals surface area contributed by atoms with Crippen molar-refractivity contribution in [1.29, 1.82) is 0 Å². The first kappa shape index (κ1) is 59.1. The molecular formula is C56H98O6. The van der Waals surface area contributed by atoms with E-state index in [-0.39, 0.29) is 31.1 Å². The molecule has 0 aliphatic heterocycles. The molecule has 0 radical (unpaired) electrons. The molecular weight excluding hydrogens is 769 g/mol. The van der Waals surface area contributed by atoms with Gasteiger partial charge in [0.15, 0.2) is 6.10 Å². The van der Waals surface area contributed by atoms with Crippen LogP contribution < -0.4 is 0 Å². The van der Waals surface area contributed by atoms with Gasteiger partial charge in [-0.25, -0.2) is 0 Å². The van der Waals surface area contributed by atoms with E-state index in [2.05, 4.69) is 81.5 Å². The van der Waals surface area contributed by atoms with Crippen molar-refractivity contribution >= 4 is 17.9 Å². The minimum Gasteiger partial charge on any atom is -0.462 e. The Bertz CT molecular complexity index is 1130. The standard InChI is InChI=1S/C56H98O6/c1-4-7-10-13-16-19-22-25-26-27-28-29-30-32-35-38-41-44-47-50-56(59)62-53(51-60-54(57)48-45-42-39-36-33-24-21-18-15-12-9-6-3)52-61-55(58)49-46-43-40-37-34-31-23-20-17-14-11-8-5-2/h16,19-20,23,25-26,28-29,32,35,53H,4-15,17-18,21-22,24,27,30-31,33-34,36-52H2,1-3H3/b19-16-,23-20-,26-25-,29-28-,35-32-/t53-/m0/s1. The number of rotatable bonds is 47. The maximum Gasteiger partial charge on any atom is 0.306 e. The SMILES string of the molecule is CCCCC/C=C\C/C=C\C/C=C\C/C=C\CCCCCC(=O)O[C@H](COC(=O)CCCCCCC/C=C\CCCCCC)COC(=O)CCCCCCCCCCCCCC. The lowest BCUT2D eigenvalue weighted by Gasteiger charge is -2.18. The zero-order valence-corrected chi connectivity index (χ0v) is 40.9. The van der Waals surface area contributed by atoms with Gasteiger partial charge < -0.3 is 14.2 Å². The highest BCUT2D eigenvalue weighted by Crippen LogP contribution is 2.14. The summed E-state index contributed by atoms with van der Waals surface area (Å²) in [6.45, 7) is 6.56. The van der Waals surface area contributed by atoms with E-state index in [4.69, 9.17) is 14.2 Å². The Morgan fingerprint density at radius 3 is 0.984 bits per heavy atom. The van der Waals surface area contributed by atoms with E-state index < -0.39 is 6.10 Å². The number of allylic oxidation sites excluding steroid dienone is 10. The van der Waals surface area contributed by atoms with E-state index in [0.717, 1.165) is 89.9 Å². The van der Waals surface area contributed by atoms with Gasteiger partial charge in [-0.3, -0.25) is 14.4 Å². The first-order valence-electron chi connectivity index (χ1n) is 26.3. The molecule has 0 aromatic rings. The molecule has 0 aliphatic carbocycles. The van der Waals surface area contributed by atoms with Gasteiger partial charge in [-0.15, -0.1) is 0 Å². The molecule has 0 aliphatic rings. The van der Waals surface area contributed by atoms with Crippen LogP contribution >= 0.6 is 0 Å². The van der Waals surface area contributed by atoms with Gasteiger partial charge in [-0.2, -0.15) is 0 Å². The van der Waals surface area contributed by atoms with E-state index >= 15 is 0 Å². The molecule has 0 aromatic heterocycles. The van der Waals surface area contributed by atoms with E-state index in [1.807, 2.05) is 0 Å². The maximum atomic E-state index is 12.8. The molecule has 0 N–H and O–H groups in total. The first-order valence-corrected chi connectivity index (χ1v) is 26.3. The van der Waals surface area contributed by atoms with Gasteiger partial charge in [0.25, 0.3) is 0 Å². The van der Waals surface area contributed by atoms with Gasteiger partial charge in [0.2, 0.25) is 0 Å². The highest BCUT2D eigenvalue weighted by atomic mass is 16.6. The summed E-state index contributed by atoms with van der Waals surface area (Å²) in [5, 5.41) is 0. The highest BCUT2D eigenvalue weighted by Gasteiger charge is 2.19. The molecule has 0 fully saturated rings. The van der Waals surface area contributed by atoms with Crippen LogP contribution in [0.25, 0.3) is 0 Å². The Morgan fingerprint density at radius 2 is 0.581 bits per heavy atom. The minimum atomic E-state index is -0.791. The molecule has 0 aromatic carbocycles. The molecule has 62 heavy (non-hydrogen) atoms. The number of carbonyl (C=O) groups excluding carboxylic acids is 3. The van der Waals surface area contributed by atoms with E-state index in [0.29, 0.717) is 19.3 Å². The summed E-state index contributed by atoms with van der Waals surface area (Å²) in [6.07, 6.45) is 62.0. The molecule has 0 bridgehead atoms. The molecule has 358 valence electrons. The maximum absolute atomic E-state index is 12.8. The largest absolute Gasteiger partial charge is 0.462 e. The van der Waals surface area contributed by atoms with Crippen molar-refractivity contribution in [3.8, 4) is 0 Å². The lowest BCUT2D eigenvalue weighted by molar-refractivity contribution is -0.167. The van der Waals surface area contributed by atoms with Crippen LogP contribution in [0.5, 0.6) is 0 Å². The van der Waals surface area contributed by atoms with Gasteiger partial charge in [0.05, 0.1) is 0 Å². The molecule has 1 atom stereocenters. The topological polar surface area (TPSA) is 78.9 Å². The fourth-order valence-corrected chi connectivity index (χ4v) is 7.24. The third-order valence-corrected chi connectivity index (χ3v) is 11.2. The van der Waals surface area contributed by atoms with Gasteiger partial charge in [-0.1, -0.05) is 210 Å². The monoisotopic (exact) mass is 867 g/mol. The van der Waals surface area contributed by atoms with Crippen molar-refractivity contribution in [3.05, 3.63) is 60.8 Å². The van der Waals surface area contributed by atoms with Gasteiger partial charge in [0, 0.05) is 19.3 Å². The number of carbonyl (C=O) groups is 3. The van der Waals surface area contributed by atoms with E-state index in [1.54, 1.807) is 0 Å². The molecule has 0 unspecified atom stereocenters. The summed E-state index contributed by atoms with van der Waals surface area (Å²) < 4.78 is 16.8. The fourth-order valence-electron chi connectivity index (χ4n) is 7.24. The van der Waals surface area contributed by atoms with Crippen molar-refractivity contribution in [2.75, 3.05) is 13.2 Å². The zero-order chi connectivity index (χ0) is 45.1. The van der Waals surface area contributed by atoms with Crippen molar-refractivity contribution in [2.24, 2.45) is 0 Å². The summed E-state index contributed by atoms with van der Waals surface area (Å²) in [4.78, 5) is 37.9. The number of unbranched alkanes of at least 4 members (excludes halogenated alkanes) is 26. The minimum absolute atomic E-state index is 0.0879. The van der Waals surface area contributed by atoms with E-state index in [9.17, 15) is 14.4 Å². The van der Waals surface area contributed by atoms with Gasteiger partial charge >= 0.3 is 17.9 Å². The van der Waals surface area contributed by atoms with Crippen LogP contribution in [0.2, 0.25) is 0 Å². The average Bonchev–Trinajstić information content (AvgIpc) is 3.27. The Hall–Kier alpha value is -2.89. The Kier molecular flexibility index (Phi) is 48.4. The predicted molar refractivity (Wildman–Crippen MR) is 265 cm³/mol. The zero-order valence-electron chi connectivity index (χ0n) is 40.9. The summed E-state index contributed by atoms with van der Waals surface area (Å²) in [6, 6.07) is 0. The van der Waals surface area contributed by atoms with Crippen LogP contribution in [0.15, 0.2) is 60.8 Å². The van der Waals surface area contributed by atoms with Crippen LogP contribution in [0.4, 0.5) is 0 Å². The smallest absolute Gasteiger partial charge is 0.306 e. The fraction of sp³-hybridized carbons (Fsp3) is 0.768. The molecule has 6 heteroatoms. The normalized spacial score (nSPS) is 12.5. The van der Waals surface area contributed by atoms with Crippen molar-refractivity contribution < 1.29 is 28.6 Å². The lowest BCUT2D eigenvalue weighted by Crippen LogP contribution is -2.30. The average molecular weight is 867 g/mol. The molecule has 0 amide bonds. The number of ether oxygens (including phenoxy) is 3. The molecule has 0 heterocycles. The van der Waals surface area contributed by atoms with Crippen molar-refractivity contribution in [1.82, 2.24) is 0 Å². The van der Waals surface area contributed by atoms with Crippen LogP contribution in [0, 0.1) is 0 Å². The van der Waals surface area contributed by atoms with Crippen molar-refractivity contribution in [2.45, 2.75) is 264 Å². The second kappa shape index (κ2) is 50.8. The van der Waals surface area contributed by atoms with Gasteiger partial charge in [0.1, 0.15) is 13.2 Å². The second-order valence-electron chi connectivity index (χ2n) is 17.4. The highest BCUT2D eigenvalue weighted by molar-refractivity contribution is 5.71. The predicted octanol–water partition coefficient (Wildman–Crippen LogP) is 17.3. The third kappa shape index (κ3) is 48.1. The number of hydrogen-bond acceptors (Lipinski definition) is 6. The lowest BCUT2D eigenvalue weighted by atomic mass is 10.0. The van der Waals surface area contributed by atoms with Crippen molar-refractivity contribution in [3.63, 3.8) is 0 Å². The van der Waals surface area contributed by atoms with Crippen LogP contribution in [-0.4, -0.2) is 37.2 Å². The second-order valence-corrected chi connectivity index (χ2v) is 17.4. The number of esters is 3. The van der Waals surface area contributed by atoms with Crippen LogP contribution in [0.1, 0.15) is 258 Å². The summed E-state index contributed by atoms with van der Waals surface area (Å²) >= 11 is 0. The Labute approximate surface area is 383 Å². The number of hydrogen-bond donors (Lipinski definition) is 0. The quantitative estimate of drug-likeness (QED) is 0.0262. The molecule has 6 nitrogen and oxygen atoms in total. The molecule has 0 rings (SSSR count). The van der Waals surface area contributed by atoms with Crippen LogP contribution in [-0.2, 0) is 28.6 Å². The Morgan fingerprint density at radius 1 is 0.323 bits per heavy atom. The third-order valence-electron chi connectivity index (χ3n) is 11.2. The Balaban J connectivity index is 4.44. The summed E-state index contributed by atoms with van der Waals surface area (Å²) in [7, 11) is 0. The summed E-state index contributed by atoms with van der Waals surface area (Å²) in [5.74, 6) is -0.924. The van der Waals surface area contributed by atoms with Crippen LogP contribution in [0.3, 0.4) is 0 Å².